The Labute approximate surface area is 104 Å². The Hall–Kier alpha value is -1.67. The Kier molecular flexibility index (Phi) is 2.45. The van der Waals surface area contributed by atoms with Crippen molar-refractivity contribution in [3.8, 4) is 22.6 Å². The molecule has 0 spiro atoms. The smallest absolute Gasteiger partial charge is 0.134 e. The quantitative estimate of drug-likeness (QED) is 0.832. The summed E-state index contributed by atoms with van der Waals surface area (Å²) in [7, 11) is 0. The van der Waals surface area contributed by atoms with Crippen LogP contribution >= 0.6 is 11.6 Å². The zero-order valence-electron chi connectivity index (χ0n) is 9.11. The highest BCUT2D eigenvalue weighted by atomic mass is 35.5. The molecule has 86 valence electrons. The van der Waals surface area contributed by atoms with Crippen LogP contribution in [0.15, 0.2) is 36.4 Å². The number of para-hydroxylation sites is 1. The van der Waals surface area contributed by atoms with Gasteiger partial charge in [0.25, 0.3) is 0 Å². The van der Waals surface area contributed by atoms with Crippen molar-refractivity contribution in [1.29, 1.82) is 0 Å². The van der Waals surface area contributed by atoms with Gasteiger partial charge in [0.2, 0.25) is 0 Å². The topological polar surface area (TPSA) is 29.5 Å². The van der Waals surface area contributed by atoms with Gasteiger partial charge in [-0.2, -0.15) is 0 Å². The summed E-state index contributed by atoms with van der Waals surface area (Å²) >= 11 is 5.80. The highest BCUT2D eigenvalue weighted by molar-refractivity contribution is 6.32. The van der Waals surface area contributed by atoms with E-state index in [0.717, 1.165) is 29.9 Å². The standard InChI is InChI=1S/C14H11ClO2/c15-12-5-4-10(8-13(12)16)11-3-1-2-9-6-7-17-14(9)11/h1-5,8,16H,6-7H2. The molecule has 1 N–H and O–H groups in total. The van der Waals surface area contributed by atoms with Crippen LogP contribution in [-0.4, -0.2) is 11.7 Å². The monoisotopic (exact) mass is 246 g/mol. The molecule has 2 aromatic carbocycles. The van der Waals surface area contributed by atoms with E-state index in [1.807, 2.05) is 18.2 Å². The van der Waals surface area contributed by atoms with E-state index in [4.69, 9.17) is 16.3 Å². The molecule has 1 heterocycles. The van der Waals surface area contributed by atoms with E-state index < -0.39 is 0 Å². The first-order chi connectivity index (χ1) is 8.25. The molecule has 0 saturated carbocycles. The van der Waals surface area contributed by atoms with Crippen molar-refractivity contribution in [3.63, 3.8) is 0 Å². The van der Waals surface area contributed by atoms with Crippen LogP contribution in [0.4, 0.5) is 0 Å². The molecule has 3 heteroatoms. The summed E-state index contributed by atoms with van der Waals surface area (Å²) in [6.45, 7) is 0.728. The van der Waals surface area contributed by atoms with Crippen LogP contribution in [0.25, 0.3) is 11.1 Å². The summed E-state index contributed by atoms with van der Waals surface area (Å²) < 4.78 is 5.64. The van der Waals surface area contributed by atoms with Crippen molar-refractivity contribution in [2.24, 2.45) is 0 Å². The fraction of sp³-hybridized carbons (Fsp3) is 0.143. The zero-order valence-corrected chi connectivity index (χ0v) is 9.87. The van der Waals surface area contributed by atoms with Crippen LogP contribution in [-0.2, 0) is 6.42 Å². The molecule has 2 nitrogen and oxygen atoms in total. The number of hydrogen-bond acceptors (Lipinski definition) is 2. The SMILES string of the molecule is Oc1cc(-c2cccc3c2OCC3)ccc1Cl. The third-order valence-electron chi connectivity index (χ3n) is 2.97. The van der Waals surface area contributed by atoms with Crippen LogP contribution < -0.4 is 4.74 Å². The summed E-state index contributed by atoms with van der Waals surface area (Å²) in [5, 5.41) is 10.0. The molecule has 0 atom stereocenters. The van der Waals surface area contributed by atoms with E-state index in [-0.39, 0.29) is 5.75 Å². The fourth-order valence-corrected chi connectivity index (χ4v) is 2.24. The number of phenolic OH excluding ortho intramolecular Hbond substituents is 1. The van der Waals surface area contributed by atoms with Crippen LogP contribution in [0.3, 0.4) is 0 Å². The minimum atomic E-state index is 0.0970. The number of aromatic hydroxyl groups is 1. The second-order valence-electron chi connectivity index (χ2n) is 4.06. The predicted octanol–water partition coefficient (Wildman–Crippen LogP) is 3.65. The molecule has 0 unspecified atom stereocenters. The normalized spacial score (nSPS) is 13.2. The van der Waals surface area contributed by atoms with Crippen LogP contribution in [0.5, 0.6) is 11.5 Å². The Morgan fingerprint density at radius 3 is 2.88 bits per heavy atom. The lowest BCUT2D eigenvalue weighted by Gasteiger charge is -2.08. The predicted molar refractivity (Wildman–Crippen MR) is 67.8 cm³/mol. The van der Waals surface area contributed by atoms with Crippen LogP contribution in [0.1, 0.15) is 5.56 Å². The van der Waals surface area contributed by atoms with Gasteiger partial charge in [0.15, 0.2) is 0 Å². The van der Waals surface area contributed by atoms with E-state index in [1.165, 1.54) is 5.56 Å². The maximum atomic E-state index is 9.64. The molecule has 17 heavy (non-hydrogen) atoms. The molecular formula is C14H11ClO2. The van der Waals surface area contributed by atoms with E-state index in [0.29, 0.717) is 5.02 Å². The number of benzene rings is 2. The maximum Gasteiger partial charge on any atom is 0.134 e. The molecule has 0 aliphatic carbocycles. The van der Waals surface area contributed by atoms with Crippen LogP contribution in [0.2, 0.25) is 5.02 Å². The van der Waals surface area contributed by atoms with E-state index >= 15 is 0 Å². The van der Waals surface area contributed by atoms with Gasteiger partial charge in [0.05, 0.1) is 11.6 Å². The molecule has 0 amide bonds. The minimum absolute atomic E-state index is 0.0970. The molecule has 1 aliphatic rings. The van der Waals surface area contributed by atoms with Crippen LogP contribution in [0, 0.1) is 0 Å². The van der Waals surface area contributed by atoms with Crippen molar-refractivity contribution in [1.82, 2.24) is 0 Å². The number of hydrogen-bond donors (Lipinski definition) is 1. The van der Waals surface area contributed by atoms with Gasteiger partial charge in [0.1, 0.15) is 11.5 Å². The summed E-state index contributed by atoms with van der Waals surface area (Å²) in [6.07, 6.45) is 0.947. The lowest BCUT2D eigenvalue weighted by atomic mass is 10.0. The number of rotatable bonds is 1. The third-order valence-corrected chi connectivity index (χ3v) is 3.29. The number of ether oxygens (including phenoxy) is 1. The van der Waals surface area contributed by atoms with E-state index in [9.17, 15) is 5.11 Å². The van der Waals surface area contributed by atoms with Crippen molar-refractivity contribution in [2.75, 3.05) is 6.61 Å². The second-order valence-corrected chi connectivity index (χ2v) is 4.47. The van der Waals surface area contributed by atoms with Gasteiger partial charge < -0.3 is 9.84 Å². The zero-order chi connectivity index (χ0) is 11.8. The fourth-order valence-electron chi connectivity index (χ4n) is 2.12. The molecule has 0 fully saturated rings. The summed E-state index contributed by atoms with van der Waals surface area (Å²) in [4.78, 5) is 0. The van der Waals surface area contributed by atoms with Gasteiger partial charge in [0, 0.05) is 12.0 Å². The first-order valence-corrected chi connectivity index (χ1v) is 5.87. The Balaban J connectivity index is 2.15. The molecule has 0 aromatic heterocycles. The van der Waals surface area contributed by atoms with Gasteiger partial charge in [-0.25, -0.2) is 0 Å². The average molecular weight is 247 g/mol. The Morgan fingerprint density at radius 1 is 1.18 bits per heavy atom. The lowest BCUT2D eigenvalue weighted by Crippen LogP contribution is -1.88. The molecule has 0 radical (unpaired) electrons. The van der Waals surface area contributed by atoms with Gasteiger partial charge in [-0.05, 0) is 23.3 Å². The highest BCUT2D eigenvalue weighted by Crippen LogP contribution is 2.38. The number of fused-ring (bicyclic) bond motifs is 1. The van der Waals surface area contributed by atoms with E-state index in [1.54, 1.807) is 12.1 Å². The minimum Gasteiger partial charge on any atom is -0.506 e. The number of phenols is 1. The second kappa shape index (κ2) is 3.97. The molecule has 0 saturated heterocycles. The molecule has 0 bridgehead atoms. The van der Waals surface area contributed by atoms with Gasteiger partial charge in [-0.15, -0.1) is 0 Å². The Morgan fingerprint density at radius 2 is 2.06 bits per heavy atom. The lowest BCUT2D eigenvalue weighted by molar-refractivity contribution is 0.358. The maximum absolute atomic E-state index is 9.64. The van der Waals surface area contributed by atoms with Crippen molar-refractivity contribution < 1.29 is 9.84 Å². The molecule has 1 aliphatic heterocycles. The largest absolute Gasteiger partial charge is 0.506 e. The van der Waals surface area contributed by atoms with E-state index in [2.05, 4.69) is 6.07 Å². The third kappa shape index (κ3) is 1.75. The van der Waals surface area contributed by atoms with Gasteiger partial charge in [-0.1, -0.05) is 35.9 Å². The summed E-state index contributed by atoms with van der Waals surface area (Å²) in [5.41, 5.74) is 3.15. The van der Waals surface area contributed by atoms with Crippen molar-refractivity contribution in [3.05, 3.63) is 47.0 Å². The average Bonchev–Trinajstić information content (AvgIpc) is 2.80. The highest BCUT2D eigenvalue weighted by Gasteiger charge is 2.17. The van der Waals surface area contributed by atoms with Gasteiger partial charge in [-0.3, -0.25) is 0 Å². The van der Waals surface area contributed by atoms with Crippen molar-refractivity contribution in [2.45, 2.75) is 6.42 Å². The van der Waals surface area contributed by atoms with Gasteiger partial charge >= 0.3 is 0 Å². The summed E-state index contributed by atoms with van der Waals surface area (Å²) in [5.74, 6) is 1.02. The first kappa shape index (κ1) is 10.5. The summed E-state index contributed by atoms with van der Waals surface area (Å²) in [6, 6.07) is 11.3. The Bertz CT molecular complexity index is 578. The number of halogens is 1. The molecular weight excluding hydrogens is 236 g/mol. The van der Waals surface area contributed by atoms with Crippen molar-refractivity contribution >= 4 is 11.6 Å². The molecule has 3 rings (SSSR count). The first-order valence-electron chi connectivity index (χ1n) is 5.49. The molecule has 2 aromatic rings.